The van der Waals surface area contributed by atoms with Gasteiger partial charge in [0.2, 0.25) is 5.91 Å². The monoisotopic (exact) mass is 196 g/mol. The van der Waals surface area contributed by atoms with Crippen LogP contribution in [0.2, 0.25) is 0 Å². The van der Waals surface area contributed by atoms with Crippen molar-refractivity contribution in [3.05, 3.63) is 35.9 Å². The summed E-state index contributed by atoms with van der Waals surface area (Å²) < 4.78 is 27.2. The number of nitrogens with zero attached hydrogens (tertiary/aromatic N) is 1. The van der Waals surface area contributed by atoms with Crippen LogP contribution in [0.1, 0.15) is 9.68 Å². The van der Waals surface area contributed by atoms with E-state index in [2.05, 4.69) is 0 Å². The van der Waals surface area contributed by atoms with Crippen LogP contribution in [0.15, 0.2) is 30.3 Å². The Hall–Kier alpha value is -1.35. The van der Waals surface area contributed by atoms with Crippen molar-refractivity contribution in [2.75, 3.05) is 20.7 Å². The number of carbonyl (C=O) groups is 1. The van der Waals surface area contributed by atoms with Crippen LogP contribution in [-0.4, -0.2) is 31.5 Å². The van der Waals surface area contributed by atoms with Gasteiger partial charge in [0, 0.05) is 14.1 Å². The molecule has 3 heteroatoms. The van der Waals surface area contributed by atoms with Gasteiger partial charge in [-0.2, -0.15) is 0 Å². The van der Waals surface area contributed by atoms with E-state index in [0.29, 0.717) is 6.04 Å². The molecule has 0 bridgehead atoms. The molecule has 0 atom stereocenters. The van der Waals surface area contributed by atoms with Crippen molar-refractivity contribution >= 4 is 5.91 Å². The third-order valence-electron chi connectivity index (χ3n) is 1.59. The summed E-state index contributed by atoms with van der Waals surface area (Å²) >= 11 is 0. The molecular formula is C11H15NO2. The molecule has 0 heterocycles. The predicted octanol–water partition coefficient (Wildman–Crippen LogP) is 1.29. The first-order valence-electron chi connectivity index (χ1n) is 5.74. The third kappa shape index (κ3) is 3.58. The fraction of sp³-hybridized carbons (Fsp3) is 0.364. The molecule has 1 aromatic rings. The van der Waals surface area contributed by atoms with Crippen LogP contribution in [0, 0.1) is 0 Å². The van der Waals surface area contributed by atoms with Gasteiger partial charge in [-0.1, -0.05) is 30.3 Å². The molecule has 14 heavy (non-hydrogen) atoms. The van der Waals surface area contributed by atoms with Crippen LogP contribution in [0.25, 0.3) is 0 Å². The highest BCUT2D eigenvalue weighted by atomic mass is 16.5. The summed E-state index contributed by atoms with van der Waals surface area (Å²) in [5.74, 6) is -0.727. The molecule has 0 unspecified atom stereocenters. The first-order chi connectivity index (χ1) is 7.83. The summed E-state index contributed by atoms with van der Waals surface area (Å²) in [6, 6.07) is 6.88. The van der Waals surface area contributed by atoms with E-state index in [1.54, 1.807) is 24.3 Å². The summed E-state index contributed by atoms with van der Waals surface area (Å²) in [4.78, 5) is 12.6. The first kappa shape index (κ1) is 7.01. The Kier molecular flexibility index (Phi) is 2.70. The SMILES string of the molecule is [2H]c1ccc(COC([2H])([2H])C(=O)N(C)C)cc1. The highest BCUT2D eigenvalue weighted by molar-refractivity contribution is 5.76. The van der Waals surface area contributed by atoms with E-state index in [0.717, 1.165) is 10.5 Å². The second-order valence-electron chi connectivity index (χ2n) is 3.00. The number of hydrogen-bond donors (Lipinski definition) is 0. The van der Waals surface area contributed by atoms with Gasteiger partial charge in [-0.15, -0.1) is 0 Å². The molecule has 0 fully saturated rings. The minimum atomic E-state index is -2.33. The quantitative estimate of drug-likeness (QED) is 0.726. The summed E-state index contributed by atoms with van der Waals surface area (Å²) in [6.45, 7) is -2.34. The third-order valence-corrected chi connectivity index (χ3v) is 1.59. The molecule has 0 saturated heterocycles. The van der Waals surface area contributed by atoms with E-state index in [1.165, 1.54) is 14.1 Å². The number of benzene rings is 1. The van der Waals surface area contributed by atoms with Gasteiger partial charge in [-0.25, -0.2) is 0 Å². The fourth-order valence-corrected chi connectivity index (χ4v) is 0.790. The van der Waals surface area contributed by atoms with Crippen LogP contribution < -0.4 is 0 Å². The normalized spacial score (nSPS) is 14.0. The minimum Gasteiger partial charge on any atom is -0.367 e. The van der Waals surface area contributed by atoms with Crippen molar-refractivity contribution in [2.24, 2.45) is 0 Å². The maximum atomic E-state index is 11.4. The second kappa shape index (κ2) is 5.40. The van der Waals surface area contributed by atoms with Gasteiger partial charge in [0.05, 0.1) is 10.7 Å². The van der Waals surface area contributed by atoms with Crippen molar-refractivity contribution in [1.82, 2.24) is 4.90 Å². The number of likely N-dealkylation sites (N-methyl/N-ethyl adjacent to an activating group) is 1. The van der Waals surface area contributed by atoms with Crippen LogP contribution in [0.3, 0.4) is 0 Å². The van der Waals surface area contributed by atoms with E-state index in [4.69, 9.17) is 8.85 Å². The van der Waals surface area contributed by atoms with Crippen LogP contribution in [-0.2, 0) is 16.1 Å². The molecular weight excluding hydrogens is 178 g/mol. The van der Waals surface area contributed by atoms with E-state index >= 15 is 0 Å². The molecule has 0 aliphatic rings. The van der Waals surface area contributed by atoms with Gasteiger partial charge >= 0.3 is 0 Å². The Morgan fingerprint density at radius 1 is 1.57 bits per heavy atom. The maximum Gasteiger partial charge on any atom is 0.248 e. The zero-order valence-electron chi connectivity index (χ0n) is 11.3. The van der Waals surface area contributed by atoms with Gasteiger partial charge in [0.15, 0.2) is 0 Å². The zero-order valence-corrected chi connectivity index (χ0v) is 8.28. The molecule has 0 radical (unpaired) electrons. The molecule has 1 aromatic carbocycles. The zero-order chi connectivity index (χ0) is 13.1. The Morgan fingerprint density at radius 2 is 2.21 bits per heavy atom. The Balaban J connectivity index is 2.61. The maximum absolute atomic E-state index is 11.4. The molecule has 0 saturated carbocycles. The van der Waals surface area contributed by atoms with Gasteiger partial charge in [-0.3, -0.25) is 4.79 Å². The van der Waals surface area contributed by atoms with Crippen LogP contribution >= 0.6 is 0 Å². The molecule has 1 amide bonds. The molecule has 0 spiro atoms. The Bertz CT molecular complexity index is 390. The summed E-state index contributed by atoms with van der Waals surface area (Å²) in [7, 11) is 2.94. The van der Waals surface area contributed by atoms with Gasteiger partial charge in [-0.05, 0) is 5.56 Å². The van der Waals surface area contributed by atoms with E-state index < -0.39 is 12.5 Å². The smallest absolute Gasteiger partial charge is 0.248 e. The number of rotatable bonds is 4. The lowest BCUT2D eigenvalue weighted by atomic mass is 10.2. The van der Waals surface area contributed by atoms with Crippen LogP contribution in [0.5, 0.6) is 0 Å². The van der Waals surface area contributed by atoms with Crippen molar-refractivity contribution in [3.8, 4) is 0 Å². The van der Waals surface area contributed by atoms with Gasteiger partial charge in [0.1, 0.15) is 6.56 Å². The predicted molar refractivity (Wildman–Crippen MR) is 54.8 cm³/mol. The van der Waals surface area contributed by atoms with Crippen molar-refractivity contribution in [3.63, 3.8) is 0 Å². The van der Waals surface area contributed by atoms with Crippen LogP contribution in [0.4, 0.5) is 0 Å². The molecule has 0 aliphatic heterocycles. The first-order valence-corrected chi connectivity index (χ1v) is 4.24. The molecule has 0 aliphatic carbocycles. The molecule has 76 valence electrons. The average Bonchev–Trinajstić information content (AvgIpc) is 2.27. The lowest BCUT2D eigenvalue weighted by Gasteiger charge is -2.10. The summed E-state index contributed by atoms with van der Waals surface area (Å²) in [5.41, 5.74) is 0.719. The number of amides is 1. The van der Waals surface area contributed by atoms with E-state index in [1.807, 2.05) is 0 Å². The van der Waals surface area contributed by atoms with Gasteiger partial charge in [0.25, 0.3) is 0 Å². The van der Waals surface area contributed by atoms with Crippen molar-refractivity contribution in [1.29, 1.82) is 0 Å². The molecule has 0 aromatic heterocycles. The number of carbonyl (C=O) groups excluding carboxylic acids is 1. The van der Waals surface area contributed by atoms with Crippen molar-refractivity contribution < 1.29 is 13.6 Å². The average molecular weight is 196 g/mol. The number of ether oxygens (including phenoxy) is 1. The van der Waals surface area contributed by atoms with Crippen molar-refractivity contribution in [2.45, 2.75) is 6.61 Å². The second-order valence-corrected chi connectivity index (χ2v) is 3.00. The topological polar surface area (TPSA) is 29.5 Å². The van der Waals surface area contributed by atoms with E-state index in [-0.39, 0.29) is 6.61 Å². The lowest BCUT2D eigenvalue weighted by molar-refractivity contribution is -0.133. The number of hydrogen-bond acceptors (Lipinski definition) is 2. The molecule has 1 rings (SSSR count). The van der Waals surface area contributed by atoms with E-state index in [9.17, 15) is 4.79 Å². The Morgan fingerprint density at radius 3 is 2.79 bits per heavy atom. The molecule has 3 nitrogen and oxygen atoms in total. The highest BCUT2D eigenvalue weighted by Gasteiger charge is 2.02. The van der Waals surface area contributed by atoms with Gasteiger partial charge < -0.3 is 9.64 Å². The lowest BCUT2D eigenvalue weighted by Crippen LogP contribution is -2.26. The molecule has 0 N–H and O–H groups in total. The highest BCUT2D eigenvalue weighted by Crippen LogP contribution is 2.00. The largest absolute Gasteiger partial charge is 0.367 e. The summed E-state index contributed by atoms with van der Waals surface area (Å²) in [5, 5.41) is 0. The minimum absolute atomic E-state index is 0.00708. The Labute approximate surface area is 88.5 Å². The fourth-order valence-electron chi connectivity index (χ4n) is 0.790. The standard InChI is InChI=1S/C11H15NO2/c1-12(2)11(13)9-14-8-10-6-4-3-5-7-10/h3-7H,8-9H2,1-2H3/i3D,9D2. The summed E-state index contributed by atoms with van der Waals surface area (Å²) in [6.07, 6.45) is 0.